The van der Waals surface area contributed by atoms with Crippen molar-refractivity contribution < 1.29 is 13.6 Å². The maximum atomic E-state index is 13.4. The second-order valence-electron chi connectivity index (χ2n) is 4.02. The van der Waals surface area contributed by atoms with Gasteiger partial charge in [-0.25, -0.2) is 9.82 Å². The molecule has 1 aromatic carbocycles. The van der Waals surface area contributed by atoms with Gasteiger partial charge in [0.2, 0.25) is 0 Å². The van der Waals surface area contributed by atoms with Crippen molar-refractivity contribution in [2.45, 2.75) is 6.92 Å². The van der Waals surface area contributed by atoms with Crippen LogP contribution in [0.3, 0.4) is 0 Å². The van der Waals surface area contributed by atoms with Gasteiger partial charge in [0.25, 0.3) is 5.91 Å². The standard InChI is InChI=1S/C15H13FN2O2/c1-11(8-9-12-5-4-10-20-12)17-18-15(19)13-6-2-3-7-14(13)16/h2-10H,1H3,(H,18,19)/b9-8+,17-11+. The van der Waals surface area contributed by atoms with E-state index >= 15 is 0 Å². The van der Waals surface area contributed by atoms with Crippen LogP contribution < -0.4 is 5.43 Å². The quantitative estimate of drug-likeness (QED) is 0.686. The topological polar surface area (TPSA) is 54.6 Å². The number of hydrazone groups is 1. The van der Waals surface area contributed by atoms with E-state index in [0.29, 0.717) is 11.5 Å². The highest BCUT2D eigenvalue weighted by Gasteiger charge is 2.09. The number of allylic oxidation sites excluding steroid dienone is 1. The summed E-state index contributed by atoms with van der Waals surface area (Å²) in [6.07, 6.45) is 4.96. The molecule has 2 rings (SSSR count). The Labute approximate surface area is 115 Å². The number of carbonyl (C=O) groups excluding carboxylic acids is 1. The van der Waals surface area contributed by atoms with Gasteiger partial charge in [-0.1, -0.05) is 12.1 Å². The lowest BCUT2D eigenvalue weighted by molar-refractivity contribution is 0.0951. The van der Waals surface area contributed by atoms with Gasteiger partial charge in [-0.15, -0.1) is 0 Å². The molecule has 0 atom stereocenters. The van der Waals surface area contributed by atoms with Crippen LogP contribution in [0.25, 0.3) is 6.08 Å². The van der Waals surface area contributed by atoms with Crippen molar-refractivity contribution in [3.8, 4) is 0 Å². The molecule has 0 aliphatic heterocycles. The van der Waals surface area contributed by atoms with Crippen LogP contribution in [0.1, 0.15) is 23.0 Å². The van der Waals surface area contributed by atoms with E-state index in [-0.39, 0.29) is 5.56 Å². The lowest BCUT2D eigenvalue weighted by atomic mass is 10.2. The molecule has 4 nitrogen and oxygen atoms in total. The minimum atomic E-state index is -0.589. The summed E-state index contributed by atoms with van der Waals surface area (Å²) in [6, 6.07) is 9.29. The van der Waals surface area contributed by atoms with E-state index in [2.05, 4.69) is 10.5 Å². The molecule has 2 aromatic rings. The van der Waals surface area contributed by atoms with E-state index in [1.54, 1.807) is 43.5 Å². The van der Waals surface area contributed by atoms with Crippen LogP contribution in [0.2, 0.25) is 0 Å². The molecule has 0 aliphatic rings. The number of furan rings is 1. The molecule has 1 heterocycles. The number of nitrogens with one attached hydrogen (secondary N) is 1. The molecule has 0 aliphatic carbocycles. The Balaban J connectivity index is 1.98. The molecule has 0 bridgehead atoms. The Morgan fingerprint density at radius 1 is 1.30 bits per heavy atom. The van der Waals surface area contributed by atoms with E-state index in [1.165, 1.54) is 18.2 Å². The third-order valence-corrected chi connectivity index (χ3v) is 2.48. The second kappa shape index (κ2) is 6.47. The fourth-order valence-corrected chi connectivity index (χ4v) is 1.47. The fourth-order valence-electron chi connectivity index (χ4n) is 1.47. The maximum absolute atomic E-state index is 13.4. The minimum Gasteiger partial charge on any atom is -0.465 e. The number of amides is 1. The molecule has 0 unspecified atom stereocenters. The first-order valence-corrected chi connectivity index (χ1v) is 5.97. The summed E-state index contributed by atoms with van der Waals surface area (Å²) < 4.78 is 18.5. The number of hydrogen-bond acceptors (Lipinski definition) is 3. The summed E-state index contributed by atoms with van der Waals surface area (Å²) in [6.45, 7) is 1.71. The van der Waals surface area contributed by atoms with E-state index in [0.717, 1.165) is 0 Å². The second-order valence-corrected chi connectivity index (χ2v) is 4.02. The summed E-state index contributed by atoms with van der Waals surface area (Å²) in [7, 11) is 0. The van der Waals surface area contributed by atoms with Gasteiger partial charge in [0.15, 0.2) is 0 Å². The van der Waals surface area contributed by atoms with E-state index < -0.39 is 11.7 Å². The molecule has 0 fully saturated rings. The Morgan fingerprint density at radius 2 is 2.10 bits per heavy atom. The van der Waals surface area contributed by atoms with Gasteiger partial charge in [-0.2, -0.15) is 5.10 Å². The van der Waals surface area contributed by atoms with Crippen LogP contribution in [0, 0.1) is 5.82 Å². The number of hydrogen-bond donors (Lipinski definition) is 1. The Hall–Kier alpha value is -2.69. The summed E-state index contributed by atoms with van der Waals surface area (Å²) in [5.74, 6) is -0.488. The molecule has 20 heavy (non-hydrogen) atoms. The largest absolute Gasteiger partial charge is 0.465 e. The zero-order valence-corrected chi connectivity index (χ0v) is 10.8. The van der Waals surface area contributed by atoms with Crippen LogP contribution in [-0.2, 0) is 0 Å². The lowest BCUT2D eigenvalue weighted by Crippen LogP contribution is -2.19. The zero-order chi connectivity index (χ0) is 14.4. The van der Waals surface area contributed by atoms with Gasteiger partial charge in [0.1, 0.15) is 11.6 Å². The predicted molar refractivity (Wildman–Crippen MR) is 74.7 cm³/mol. The molecule has 5 heteroatoms. The first-order valence-electron chi connectivity index (χ1n) is 5.97. The molecule has 1 amide bonds. The molecule has 0 radical (unpaired) electrons. The predicted octanol–water partition coefficient (Wildman–Crippen LogP) is 3.24. The highest BCUT2D eigenvalue weighted by Crippen LogP contribution is 2.06. The highest BCUT2D eigenvalue weighted by atomic mass is 19.1. The van der Waals surface area contributed by atoms with Gasteiger partial charge in [-0.3, -0.25) is 4.79 Å². The lowest BCUT2D eigenvalue weighted by Gasteiger charge is -2.01. The third-order valence-electron chi connectivity index (χ3n) is 2.48. The summed E-state index contributed by atoms with van der Waals surface area (Å²) in [5, 5.41) is 3.86. The van der Waals surface area contributed by atoms with Crippen molar-refractivity contribution in [3.63, 3.8) is 0 Å². The minimum absolute atomic E-state index is 0.0425. The van der Waals surface area contributed by atoms with E-state index in [9.17, 15) is 9.18 Å². The summed E-state index contributed by atoms with van der Waals surface area (Å²) >= 11 is 0. The monoisotopic (exact) mass is 272 g/mol. The van der Waals surface area contributed by atoms with Crippen molar-refractivity contribution in [3.05, 3.63) is 65.9 Å². The molecule has 0 saturated carbocycles. The summed E-state index contributed by atoms with van der Waals surface area (Å²) in [4.78, 5) is 11.7. The smallest absolute Gasteiger partial charge is 0.274 e. The van der Waals surface area contributed by atoms with Crippen molar-refractivity contribution in [2.75, 3.05) is 0 Å². The van der Waals surface area contributed by atoms with Gasteiger partial charge < -0.3 is 4.42 Å². The molecule has 0 saturated heterocycles. The highest BCUT2D eigenvalue weighted by molar-refractivity contribution is 5.99. The van der Waals surface area contributed by atoms with Crippen LogP contribution in [0.15, 0.2) is 58.3 Å². The average molecular weight is 272 g/mol. The molecular formula is C15H13FN2O2. The van der Waals surface area contributed by atoms with Gasteiger partial charge >= 0.3 is 0 Å². The Kier molecular flexibility index (Phi) is 4.44. The van der Waals surface area contributed by atoms with Crippen molar-refractivity contribution >= 4 is 17.7 Å². The molecule has 1 aromatic heterocycles. The van der Waals surface area contributed by atoms with Crippen molar-refractivity contribution in [2.24, 2.45) is 5.10 Å². The van der Waals surface area contributed by atoms with Crippen LogP contribution >= 0.6 is 0 Å². The number of carbonyl (C=O) groups is 1. The molecular weight excluding hydrogens is 259 g/mol. The SMILES string of the molecule is CC(/C=C/c1ccco1)=N\NC(=O)c1ccccc1F. The number of halogens is 1. The first-order chi connectivity index (χ1) is 9.66. The number of nitrogens with zero attached hydrogens (tertiary/aromatic N) is 1. The molecule has 0 spiro atoms. The fraction of sp³-hybridized carbons (Fsp3) is 0.0667. The molecule has 102 valence electrons. The average Bonchev–Trinajstić information content (AvgIpc) is 2.96. The van der Waals surface area contributed by atoms with Crippen LogP contribution in [-0.4, -0.2) is 11.6 Å². The normalized spacial score (nSPS) is 11.8. The van der Waals surface area contributed by atoms with Crippen LogP contribution in [0.5, 0.6) is 0 Å². The van der Waals surface area contributed by atoms with Gasteiger partial charge in [0.05, 0.1) is 17.5 Å². The Bertz CT molecular complexity index is 646. The molecule has 1 N–H and O–H groups in total. The summed E-state index contributed by atoms with van der Waals surface area (Å²) in [5.41, 5.74) is 2.82. The maximum Gasteiger partial charge on any atom is 0.274 e. The van der Waals surface area contributed by atoms with Gasteiger partial charge in [0, 0.05) is 0 Å². The number of rotatable bonds is 4. The van der Waals surface area contributed by atoms with Crippen molar-refractivity contribution in [1.82, 2.24) is 5.43 Å². The third kappa shape index (κ3) is 3.65. The number of benzene rings is 1. The van der Waals surface area contributed by atoms with Gasteiger partial charge in [-0.05, 0) is 43.3 Å². The van der Waals surface area contributed by atoms with Crippen molar-refractivity contribution in [1.29, 1.82) is 0 Å². The van der Waals surface area contributed by atoms with E-state index in [4.69, 9.17) is 4.42 Å². The zero-order valence-electron chi connectivity index (χ0n) is 10.8. The Morgan fingerprint density at radius 3 is 2.80 bits per heavy atom. The first kappa shape index (κ1) is 13.7. The van der Waals surface area contributed by atoms with Crippen LogP contribution in [0.4, 0.5) is 4.39 Å². The van der Waals surface area contributed by atoms with E-state index in [1.807, 2.05) is 0 Å².